The van der Waals surface area contributed by atoms with E-state index in [1.807, 2.05) is 30.3 Å². The molecule has 0 amide bonds. The molecule has 0 unspecified atom stereocenters. The highest BCUT2D eigenvalue weighted by Crippen LogP contribution is 2.41. The number of hydrogen-bond donors (Lipinski definition) is 2. The Morgan fingerprint density at radius 1 is 0.903 bits per heavy atom. The molecule has 8 nitrogen and oxygen atoms in total. The Balaban J connectivity index is 1.94. The van der Waals surface area contributed by atoms with E-state index in [-0.39, 0.29) is 11.9 Å². The lowest BCUT2D eigenvalue weighted by Gasteiger charge is -2.19. The van der Waals surface area contributed by atoms with Gasteiger partial charge >= 0.3 is 0 Å². The largest absolute Gasteiger partial charge is 0.496 e. The molecule has 0 aliphatic carbocycles. The van der Waals surface area contributed by atoms with Crippen molar-refractivity contribution in [2.45, 2.75) is 26.3 Å². The maximum Gasteiger partial charge on any atom is 0.222 e. The van der Waals surface area contributed by atoms with Crippen LogP contribution in [0, 0.1) is 0 Å². The third-order valence-electron chi connectivity index (χ3n) is 4.77. The lowest BCUT2D eigenvalue weighted by Crippen LogP contribution is -2.07. The molecule has 8 heteroatoms. The number of benzene rings is 2. The van der Waals surface area contributed by atoms with Gasteiger partial charge in [-0.15, -0.1) is 0 Å². The number of aromatic nitrogens is 2. The zero-order valence-electron chi connectivity index (χ0n) is 18.4. The smallest absolute Gasteiger partial charge is 0.222 e. The summed E-state index contributed by atoms with van der Waals surface area (Å²) in [4.78, 5) is 8.42. The summed E-state index contributed by atoms with van der Waals surface area (Å²) < 4.78 is 22.5. The number of nitrogen functional groups attached to an aromatic ring is 1. The molecule has 3 aromatic rings. The van der Waals surface area contributed by atoms with Crippen LogP contribution in [0.1, 0.15) is 30.9 Å². The molecule has 0 aliphatic rings. The number of nitrogens with two attached hydrogens (primary N) is 1. The zero-order valence-corrected chi connectivity index (χ0v) is 18.4. The number of anilines is 2. The molecule has 3 N–H and O–H groups in total. The summed E-state index contributed by atoms with van der Waals surface area (Å²) in [5.41, 5.74) is 7.77. The van der Waals surface area contributed by atoms with E-state index < -0.39 is 0 Å². The Bertz CT molecular complexity index is 1040. The van der Waals surface area contributed by atoms with Crippen molar-refractivity contribution in [3.05, 3.63) is 53.7 Å². The molecule has 0 radical (unpaired) electrons. The van der Waals surface area contributed by atoms with Crippen LogP contribution in [0.15, 0.2) is 42.6 Å². The molecule has 0 atom stereocenters. The van der Waals surface area contributed by atoms with E-state index in [2.05, 4.69) is 29.1 Å². The maximum atomic E-state index is 6.23. The highest BCUT2D eigenvalue weighted by atomic mass is 16.5. The van der Waals surface area contributed by atoms with Crippen LogP contribution in [0.4, 0.5) is 11.8 Å². The van der Waals surface area contributed by atoms with E-state index >= 15 is 0 Å². The molecule has 1 aromatic heterocycles. The van der Waals surface area contributed by atoms with E-state index in [4.69, 9.17) is 24.7 Å². The summed E-state index contributed by atoms with van der Waals surface area (Å²) in [7, 11) is 4.83. The minimum absolute atomic E-state index is 0.145. The highest BCUT2D eigenvalue weighted by molar-refractivity contribution is 5.57. The predicted octanol–water partition coefficient (Wildman–Crippen LogP) is 4.61. The molecular formula is C23H28N4O4. The average Bonchev–Trinajstić information content (AvgIpc) is 2.78. The van der Waals surface area contributed by atoms with Crippen molar-refractivity contribution in [3.8, 4) is 28.7 Å². The second kappa shape index (κ2) is 9.88. The van der Waals surface area contributed by atoms with Gasteiger partial charge in [0.25, 0.3) is 0 Å². The Morgan fingerprint density at radius 3 is 2.26 bits per heavy atom. The predicted molar refractivity (Wildman–Crippen MR) is 120 cm³/mol. The molecular weight excluding hydrogens is 396 g/mol. The number of rotatable bonds is 9. The van der Waals surface area contributed by atoms with Gasteiger partial charge in [-0.05, 0) is 18.1 Å². The number of ether oxygens (including phenoxy) is 4. The zero-order chi connectivity index (χ0) is 22.4. The van der Waals surface area contributed by atoms with Crippen LogP contribution in [-0.4, -0.2) is 31.3 Å². The Morgan fingerprint density at radius 2 is 1.58 bits per heavy atom. The Labute approximate surface area is 182 Å². The van der Waals surface area contributed by atoms with Crippen LogP contribution < -0.4 is 30.0 Å². The molecule has 0 saturated heterocycles. The number of nitrogens with one attached hydrogen (secondary N) is 1. The van der Waals surface area contributed by atoms with Gasteiger partial charge in [0, 0.05) is 23.7 Å². The summed E-state index contributed by atoms with van der Waals surface area (Å²) in [6.45, 7) is 4.63. The fourth-order valence-electron chi connectivity index (χ4n) is 3.15. The minimum Gasteiger partial charge on any atom is -0.496 e. The lowest BCUT2D eigenvalue weighted by molar-refractivity contribution is 0.350. The van der Waals surface area contributed by atoms with E-state index in [1.165, 1.54) is 0 Å². The van der Waals surface area contributed by atoms with E-state index in [9.17, 15) is 0 Å². The van der Waals surface area contributed by atoms with Crippen molar-refractivity contribution in [2.75, 3.05) is 32.4 Å². The second-order valence-corrected chi connectivity index (χ2v) is 7.11. The van der Waals surface area contributed by atoms with Crippen LogP contribution in [0.25, 0.3) is 0 Å². The first-order chi connectivity index (χ1) is 15.0. The monoisotopic (exact) mass is 424 g/mol. The van der Waals surface area contributed by atoms with Crippen LogP contribution in [0.2, 0.25) is 0 Å². The average molecular weight is 425 g/mol. The fourth-order valence-corrected chi connectivity index (χ4v) is 3.15. The van der Waals surface area contributed by atoms with Gasteiger partial charge in [-0.2, -0.15) is 4.98 Å². The van der Waals surface area contributed by atoms with Gasteiger partial charge in [-0.3, -0.25) is 0 Å². The third kappa shape index (κ3) is 5.09. The lowest BCUT2D eigenvalue weighted by atomic mass is 10.0. The second-order valence-electron chi connectivity index (χ2n) is 7.11. The first-order valence-corrected chi connectivity index (χ1v) is 9.88. The summed E-state index contributed by atoms with van der Waals surface area (Å²) in [6.07, 6.45) is 1.55. The van der Waals surface area contributed by atoms with Crippen LogP contribution >= 0.6 is 0 Å². The molecule has 3 rings (SSSR count). The van der Waals surface area contributed by atoms with Crippen molar-refractivity contribution in [3.63, 3.8) is 0 Å². The van der Waals surface area contributed by atoms with Crippen molar-refractivity contribution in [1.82, 2.24) is 9.97 Å². The van der Waals surface area contributed by atoms with Crippen molar-refractivity contribution >= 4 is 11.8 Å². The summed E-state index contributed by atoms with van der Waals surface area (Å²) in [5, 5.41) is 3.27. The van der Waals surface area contributed by atoms with Gasteiger partial charge in [-0.25, -0.2) is 4.98 Å². The number of para-hydroxylation sites is 1. The summed E-state index contributed by atoms with van der Waals surface area (Å²) in [5.74, 6) is 3.87. The van der Waals surface area contributed by atoms with E-state index in [0.717, 1.165) is 16.9 Å². The SMILES string of the molecule is COc1ccccc1CNc1nc(N)ncc1Oc1cc(OC)c(OC)cc1C(C)C. The standard InChI is InChI=1S/C23H28N4O4/c1-14(2)16-10-19(29-4)20(30-5)11-18(16)31-21-13-26-23(24)27-22(21)25-12-15-8-6-7-9-17(15)28-3/h6-11,13-14H,12H2,1-5H3,(H3,24,25,26,27). The Kier molecular flexibility index (Phi) is 7.02. The molecule has 0 saturated carbocycles. The molecule has 0 spiro atoms. The molecule has 0 bridgehead atoms. The first-order valence-electron chi connectivity index (χ1n) is 9.88. The van der Waals surface area contributed by atoms with Gasteiger partial charge in [0.2, 0.25) is 5.95 Å². The molecule has 1 heterocycles. The molecule has 2 aromatic carbocycles. The van der Waals surface area contributed by atoms with Crippen molar-refractivity contribution in [2.24, 2.45) is 0 Å². The Hall–Kier alpha value is -3.68. The molecule has 0 aliphatic heterocycles. The van der Waals surface area contributed by atoms with Crippen molar-refractivity contribution < 1.29 is 18.9 Å². The van der Waals surface area contributed by atoms with Gasteiger partial charge < -0.3 is 30.0 Å². The molecule has 164 valence electrons. The van der Waals surface area contributed by atoms with E-state index in [1.54, 1.807) is 33.6 Å². The van der Waals surface area contributed by atoms with E-state index in [0.29, 0.717) is 35.4 Å². The third-order valence-corrected chi connectivity index (χ3v) is 4.77. The van der Waals surface area contributed by atoms with Crippen LogP contribution in [0.5, 0.6) is 28.7 Å². The summed E-state index contributed by atoms with van der Waals surface area (Å²) >= 11 is 0. The van der Waals surface area contributed by atoms with Gasteiger partial charge in [-0.1, -0.05) is 32.0 Å². The highest BCUT2D eigenvalue weighted by Gasteiger charge is 2.18. The van der Waals surface area contributed by atoms with Crippen LogP contribution in [-0.2, 0) is 6.54 Å². The molecule has 0 fully saturated rings. The van der Waals surface area contributed by atoms with Crippen molar-refractivity contribution in [1.29, 1.82) is 0 Å². The minimum atomic E-state index is 0.145. The van der Waals surface area contributed by atoms with Gasteiger partial charge in [0.05, 0.1) is 27.5 Å². The number of methoxy groups -OCH3 is 3. The quantitative estimate of drug-likeness (QED) is 0.513. The van der Waals surface area contributed by atoms with Crippen LogP contribution in [0.3, 0.4) is 0 Å². The topological polar surface area (TPSA) is 101 Å². The summed E-state index contributed by atoms with van der Waals surface area (Å²) in [6, 6.07) is 11.5. The number of hydrogen-bond acceptors (Lipinski definition) is 8. The maximum absolute atomic E-state index is 6.23. The number of nitrogens with zero attached hydrogens (tertiary/aromatic N) is 2. The fraction of sp³-hybridized carbons (Fsp3) is 0.304. The first kappa shape index (κ1) is 22.0. The molecule has 31 heavy (non-hydrogen) atoms. The normalized spacial score (nSPS) is 10.6. The van der Waals surface area contributed by atoms with Gasteiger partial charge in [0.1, 0.15) is 11.5 Å². The van der Waals surface area contributed by atoms with Gasteiger partial charge in [0.15, 0.2) is 23.1 Å².